The Balaban J connectivity index is 2.02. The van der Waals surface area contributed by atoms with Crippen molar-refractivity contribution < 1.29 is 4.42 Å². The third-order valence-electron chi connectivity index (χ3n) is 4.04. The van der Waals surface area contributed by atoms with Crippen LogP contribution in [0.25, 0.3) is 11.1 Å². The van der Waals surface area contributed by atoms with Crippen LogP contribution in [0.4, 0.5) is 0 Å². The molecule has 2 unspecified atom stereocenters. The number of fused-ring (bicyclic) bond motifs is 1. The number of nitrogens with zero attached hydrogens (tertiary/aromatic N) is 1. The maximum Gasteiger partial charge on any atom is 0.200 e. The van der Waals surface area contributed by atoms with E-state index in [1.54, 1.807) is 0 Å². The van der Waals surface area contributed by atoms with Gasteiger partial charge in [0.15, 0.2) is 11.5 Å². The van der Waals surface area contributed by atoms with Gasteiger partial charge < -0.3 is 10.2 Å². The van der Waals surface area contributed by atoms with Crippen molar-refractivity contribution in [3.05, 3.63) is 28.6 Å². The fraction of sp³-hybridized carbons (Fsp3) is 0.533. The van der Waals surface area contributed by atoms with Gasteiger partial charge in [-0.15, -0.1) is 0 Å². The van der Waals surface area contributed by atoms with E-state index in [0.717, 1.165) is 35.4 Å². The van der Waals surface area contributed by atoms with E-state index in [0.29, 0.717) is 5.02 Å². The average molecular weight is 279 g/mol. The van der Waals surface area contributed by atoms with Gasteiger partial charge >= 0.3 is 0 Å². The van der Waals surface area contributed by atoms with Gasteiger partial charge in [-0.05, 0) is 37.5 Å². The number of aromatic nitrogens is 1. The first-order valence-electron chi connectivity index (χ1n) is 6.97. The number of hydrogen-bond donors (Lipinski definition) is 1. The summed E-state index contributed by atoms with van der Waals surface area (Å²) in [6, 6.07) is 3.93. The maximum atomic E-state index is 6.27. The zero-order valence-corrected chi connectivity index (χ0v) is 11.9. The molecule has 1 aromatic heterocycles. The molecule has 102 valence electrons. The lowest BCUT2D eigenvalue weighted by Crippen LogP contribution is -2.27. The topological polar surface area (TPSA) is 52.0 Å². The number of hydrogen-bond acceptors (Lipinski definition) is 3. The monoisotopic (exact) mass is 278 g/mol. The largest absolute Gasteiger partial charge is 0.440 e. The molecule has 0 bridgehead atoms. The Morgan fingerprint density at radius 1 is 1.26 bits per heavy atom. The molecular formula is C15H19ClN2O. The number of oxazole rings is 1. The van der Waals surface area contributed by atoms with E-state index >= 15 is 0 Å². The molecule has 3 rings (SSSR count). The van der Waals surface area contributed by atoms with Gasteiger partial charge in [0.05, 0.1) is 5.92 Å². The number of nitrogens with two attached hydrogens (primary N) is 1. The fourth-order valence-corrected chi connectivity index (χ4v) is 3.24. The highest BCUT2D eigenvalue weighted by Crippen LogP contribution is 2.33. The molecule has 1 saturated carbocycles. The molecule has 1 fully saturated rings. The summed E-state index contributed by atoms with van der Waals surface area (Å²) in [6.45, 7) is 2.00. The van der Waals surface area contributed by atoms with E-state index < -0.39 is 0 Å². The zero-order chi connectivity index (χ0) is 13.4. The molecule has 2 atom stereocenters. The Morgan fingerprint density at radius 2 is 2.05 bits per heavy atom. The van der Waals surface area contributed by atoms with Gasteiger partial charge in [0.1, 0.15) is 5.52 Å². The first-order valence-corrected chi connectivity index (χ1v) is 7.35. The van der Waals surface area contributed by atoms with Crippen LogP contribution >= 0.6 is 11.6 Å². The Bertz CT molecular complexity index is 593. The van der Waals surface area contributed by atoms with Crippen LogP contribution in [0.2, 0.25) is 5.02 Å². The number of benzene rings is 1. The minimum atomic E-state index is 0.159. The summed E-state index contributed by atoms with van der Waals surface area (Å²) in [5.74, 6) is 1.03. The van der Waals surface area contributed by atoms with Crippen LogP contribution in [-0.4, -0.2) is 11.0 Å². The molecule has 0 spiro atoms. The van der Waals surface area contributed by atoms with Gasteiger partial charge in [-0.3, -0.25) is 0 Å². The summed E-state index contributed by atoms with van der Waals surface area (Å²) < 4.78 is 5.97. The second-order valence-corrected chi connectivity index (χ2v) is 5.97. The minimum Gasteiger partial charge on any atom is -0.440 e. The molecule has 1 aliphatic carbocycles. The molecule has 0 saturated heterocycles. The Morgan fingerprint density at radius 3 is 2.89 bits per heavy atom. The third-order valence-corrected chi connectivity index (χ3v) is 4.26. The third kappa shape index (κ3) is 2.49. The van der Waals surface area contributed by atoms with E-state index in [1.165, 1.54) is 19.3 Å². The molecule has 0 aliphatic heterocycles. The number of halogens is 1. The van der Waals surface area contributed by atoms with Crippen molar-refractivity contribution in [2.24, 2.45) is 5.73 Å². The van der Waals surface area contributed by atoms with Crippen LogP contribution in [0.3, 0.4) is 0 Å². The summed E-state index contributed by atoms with van der Waals surface area (Å²) in [4.78, 5) is 4.62. The quantitative estimate of drug-likeness (QED) is 0.797. The Hall–Kier alpha value is -1.06. The van der Waals surface area contributed by atoms with Crippen molar-refractivity contribution in [2.45, 2.75) is 51.0 Å². The van der Waals surface area contributed by atoms with Crippen LogP contribution < -0.4 is 5.73 Å². The predicted octanol–water partition coefficient (Wildman–Crippen LogP) is 4.16. The molecule has 2 N–H and O–H groups in total. The van der Waals surface area contributed by atoms with Gasteiger partial charge in [0.2, 0.25) is 0 Å². The van der Waals surface area contributed by atoms with Crippen molar-refractivity contribution in [2.75, 3.05) is 0 Å². The molecule has 3 nitrogen and oxygen atoms in total. The van der Waals surface area contributed by atoms with Crippen molar-refractivity contribution in [3.63, 3.8) is 0 Å². The summed E-state index contributed by atoms with van der Waals surface area (Å²) >= 11 is 6.07. The minimum absolute atomic E-state index is 0.159. The molecule has 2 aromatic rings. The van der Waals surface area contributed by atoms with Crippen LogP contribution in [0.5, 0.6) is 0 Å². The highest BCUT2D eigenvalue weighted by molar-refractivity contribution is 6.31. The van der Waals surface area contributed by atoms with Gasteiger partial charge in [-0.1, -0.05) is 30.9 Å². The van der Waals surface area contributed by atoms with Crippen molar-refractivity contribution in [3.8, 4) is 0 Å². The highest BCUT2D eigenvalue weighted by Gasteiger charge is 2.26. The molecule has 4 heteroatoms. The molecule has 19 heavy (non-hydrogen) atoms. The summed E-state index contributed by atoms with van der Waals surface area (Å²) in [5.41, 5.74) is 8.99. The Labute approximate surface area is 118 Å². The lowest BCUT2D eigenvalue weighted by molar-refractivity contribution is 0.402. The fourth-order valence-electron chi connectivity index (χ4n) is 2.98. The highest BCUT2D eigenvalue weighted by atomic mass is 35.5. The molecular weight excluding hydrogens is 260 g/mol. The van der Waals surface area contributed by atoms with Crippen LogP contribution in [-0.2, 0) is 0 Å². The molecule has 0 radical (unpaired) electrons. The maximum absolute atomic E-state index is 6.27. The average Bonchev–Trinajstić information content (AvgIpc) is 2.65. The number of rotatable bonds is 1. The van der Waals surface area contributed by atoms with Crippen molar-refractivity contribution in [1.29, 1.82) is 0 Å². The lowest BCUT2D eigenvalue weighted by Gasteiger charge is -2.17. The van der Waals surface area contributed by atoms with E-state index in [1.807, 2.05) is 19.1 Å². The number of aryl methyl sites for hydroxylation is 1. The first kappa shape index (κ1) is 12.9. The first-order chi connectivity index (χ1) is 9.15. The van der Waals surface area contributed by atoms with Gasteiger partial charge in [0.25, 0.3) is 0 Å². The second kappa shape index (κ2) is 5.14. The van der Waals surface area contributed by atoms with Gasteiger partial charge in [-0.2, -0.15) is 0 Å². The molecule has 1 aliphatic rings. The summed E-state index contributed by atoms with van der Waals surface area (Å²) in [6.07, 6.45) is 5.80. The summed E-state index contributed by atoms with van der Waals surface area (Å²) in [7, 11) is 0. The predicted molar refractivity (Wildman–Crippen MR) is 77.6 cm³/mol. The summed E-state index contributed by atoms with van der Waals surface area (Å²) in [5, 5.41) is 0.704. The standard InChI is InChI=1S/C15H19ClN2O/c1-9-7-10(16)8-13-14(9)19-15(18-13)11-5-3-2-4-6-12(11)17/h7-8,11-12H,2-6,17H2,1H3. The zero-order valence-electron chi connectivity index (χ0n) is 11.2. The molecule has 1 aromatic carbocycles. The molecule has 1 heterocycles. The second-order valence-electron chi connectivity index (χ2n) is 5.53. The normalized spacial score (nSPS) is 24.6. The SMILES string of the molecule is Cc1cc(Cl)cc2nc(C3CCCCCC3N)oc12. The van der Waals surface area contributed by atoms with Gasteiger partial charge in [-0.25, -0.2) is 4.98 Å². The van der Waals surface area contributed by atoms with Crippen LogP contribution in [0.1, 0.15) is 49.5 Å². The van der Waals surface area contributed by atoms with E-state index in [9.17, 15) is 0 Å². The van der Waals surface area contributed by atoms with E-state index in [4.69, 9.17) is 21.8 Å². The lowest BCUT2D eigenvalue weighted by atomic mass is 9.95. The van der Waals surface area contributed by atoms with Crippen molar-refractivity contribution in [1.82, 2.24) is 4.98 Å². The van der Waals surface area contributed by atoms with Gasteiger partial charge in [0, 0.05) is 11.1 Å². The van der Waals surface area contributed by atoms with Crippen LogP contribution in [0, 0.1) is 6.92 Å². The van der Waals surface area contributed by atoms with Crippen LogP contribution in [0.15, 0.2) is 16.5 Å². The molecule has 0 amide bonds. The van der Waals surface area contributed by atoms with E-state index in [2.05, 4.69) is 4.98 Å². The van der Waals surface area contributed by atoms with E-state index in [-0.39, 0.29) is 12.0 Å². The Kier molecular flexibility index (Phi) is 3.50. The smallest absolute Gasteiger partial charge is 0.200 e. The van der Waals surface area contributed by atoms with Crippen molar-refractivity contribution >= 4 is 22.7 Å².